The van der Waals surface area contributed by atoms with Crippen molar-refractivity contribution in [3.8, 4) is 39.1 Å². The summed E-state index contributed by atoms with van der Waals surface area (Å²) in [5, 5.41) is 10.1. The second kappa shape index (κ2) is 17.8. The Morgan fingerprint density at radius 2 is 0.592 bits per heavy atom. The fraction of sp³-hybridized carbons (Fsp3) is 0.216. The minimum absolute atomic E-state index is 0.0256. The minimum Gasteiger partial charge on any atom is -0.310 e. The average molecular weight is 987 g/mol. The van der Waals surface area contributed by atoms with Crippen LogP contribution in [0.5, 0.6) is 0 Å². The van der Waals surface area contributed by atoms with E-state index in [9.17, 15) is 0 Å². The van der Waals surface area contributed by atoms with E-state index in [0.717, 1.165) is 17.1 Å². The van der Waals surface area contributed by atoms with E-state index < -0.39 is 0 Å². The largest absolute Gasteiger partial charge is 0.310 e. The number of anilines is 3. The van der Waals surface area contributed by atoms with Crippen LogP contribution in [0.25, 0.3) is 93.2 Å². The Balaban J connectivity index is 0.997. The molecule has 1 aromatic heterocycles. The van der Waals surface area contributed by atoms with E-state index in [1.807, 2.05) is 0 Å². The van der Waals surface area contributed by atoms with Gasteiger partial charge in [-0.1, -0.05) is 229 Å². The molecular weight excluding hydrogens is 917 g/mol. The van der Waals surface area contributed by atoms with Crippen LogP contribution in [0, 0.1) is 0 Å². The highest BCUT2D eigenvalue weighted by Gasteiger charge is 2.25. The predicted molar refractivity (Wildman–Crippen MR) is 330 cm³/mol. The molecule has 376 valence electrons. The molecule has 0 fully saturated rings. The first-order chi connectivity index (χ1) is 36.2. The minimum atomic E-state index is 0.0256. The van der Waals surface area contributed by atoms with Crippen molar-refractivity contribution in [2.45, 2.75) is 105 Å². The van der Waals surface area contributed by atoms with Gasteiger partial charge in [0.05, 0.1) is 22.4 Å². The van der Waals surface area contributed by atoms with Crippen LogP contribution in [0.3, 0.4) is 0 Å². The summed E-state index contributed by atoms with van der Waals surface area (Å²) < 4.78 is 2.53. The van der Waals surface area contributed by atoms with E-state index in [1.54, 1.807) is 0 Å². The number of aromatic nitrogens is 1. The van der Waals surface area contributed by atoms with Gasteiger partial charge >= 0.3 is 0 Å². The number of benzene rings is 11. The number of hydrogen-bond acceptors (Lipinski definition) is 1. The molecule has 0 bridgehead atoms. The zero-order valence-electron chi connectivity index (χ0n) is 46.5. The maximum atomic E-state index is 2.53. The first-order valence-corrected chi connectivity index (χ1v) is 27.3. The molecule has 0 aliphatic heterocycles. The van der Waals surface area contributed by atoms with E-state index in [-0.39, 0.29) is 21.7 Å². The molecule has 0 radical (unpaired) electrons. The van der Waals surface area contributed by atoms with Gasteiger partial charge in [0.1, 0.15) is 0 Å². The molecule has 0 aliphatic carbocycles. The zero-order valence-corrected chi connectivity index (χ0v) is 46.5. The Bertz CT molecular complexity index is 4050. The van der Waals surface area contributed by atoms with Gasteiger partial charge in [-0.25, -0.2) is 0 Å². The van der Waals surface area contributed by atoms with Crippen molar-refractivity contribution in [1.29, 1.82) is 0 Å². The molecule has 0 atom stereocenters. The first kappa shape index (κ1) is 49.0. The van der Waals surface area contributed by atoms with E-state index >= 15 is 0 Å². The van der Waals surface area contributed by atoms with Crippen LogP contribution in [0.15, 0.2) is 206 Å². The predicted octanol–water partition coefficient (Wildman–Crippen LogP) is 21.3. The summed E-state index contributed by atoms with van der Waals surface area (Å²) in [7, 11) is 0. The Kier molecular flexibility index (Phi) is 11.5. The molecule has 0 N–H and O–H groups in total. The van der Waals surface area contributed by atoms with Gasteiger partial charge < -0.3 is 9.47 Å². The fourth-order valence-electron chi connectivity index (χ4n) is 11.6. The smallest absolute Gasteiger partial charge is 0.0541 e. The fourth-order valence-corrected chi connectivity index (χ4v) is 11.6. The van der Waals surface area contributed by atoms with Gasteiger partial charge in [-0.05, 0) is 160 Å². The highest BCUT2D eigenvalue weighted by atomic mass is 15.1. The molecular formula is C74H70N2. The van der Waals surface area contributed by atoms with Crippen LogP contribution in [0.4, 0.5) is 17.1 Å². The summed E-state index contributed by atoms with van der Waals surface area (Å²) in [4.78, 5) is 2.46. The SMILES string of the molecule is CC(C)(C)c1ccc(-c2ccc(-c3ccc(N(c4ccc(-c5ccc(C(C)(C)C)cc5)cc4)c4ccc5ccc6c(-n7c8ccc(C(C)(C)C)cc8c8cc(C(C)(C)C)ccc87)ccc7ccc4c5c76)cc3)cc2)cc1. The summed E-state index contributed by atoms with van der Waals surface area (Å²) >= 11 is 0. The molecule has 2 heteroatoms. The van der Waals surface area contributed by atoms with Crippen LogP contribution in [-0.4, -0.2) is 4.57 Å². The van der Waals surface area contributed by atoms with Gasteiger partial charge in [-0.15, -0.1) is 0 Å². The number of rotatable bonds is 7. The quantitative estimate of drug-likeness (QED) is 0.145. The van der Waals surface area contributed by atoms with Crippen molar-refractivity contribution in [2.24, 2.45) is 0 Å². The lowest BCUT2D eigenvalue weighted by atomic mass is 9.85. The molecule has 12 aromatic rings. The summed E-state index contributed by atoms with van der Waals surface area (Å²) in [5.74, 6) is 0. The third-order valence-corrected chi connectivity index (χ3v) is 16.2. The normalized spacial score (nSPS) is 12.7. The molecule has 0 amide bonds. The van der Waals surface area contributed by atoms with Gasteiger partial charge in [-0.3, -0.25) is 0 Å². The Labute approximate surface area is 450 Å². The molecule has 0 unspecified atom stereocenters. The Morgan fingerprint density at radius 1 is 0.276 bits per heavy atom. The molecule has 0 aliphatic rings. The second-order valence-corrected chi connectivity index (χ2v) is 25.6. The van der Waals surface area contributed by atoms with Gasteiger partial charge in [0, 0.05) is 32.9 Å². The summed E-state index contributed by atoms with van der Waals surface area (Å²) in [5.41, 5.74) is 19.9. The molecule has 76 heavy (non-hydrogen) atoms. The standard InChI is InChI=1S/C74H70N2/c1-71(2,3)55-29-17-49(18-30-55)47-13-15-48(16-14-47)51-21-35-59(36-22-51)75(60-37-23-52(24-38-60)50-19-31-56(32-20-50)72(4,5)6)65-41-27-53-26-40-62-66(42-28-54-25-39-61(65)69(53)70(54)62)76-67-43-33-57(73(7,8)9)45-63(67)64-46-58(74(10,11)12)34-44-68(64)76/h13-46H,1-12H3. The summed E-state index contributed by atoms with van der Waals surface area (Å²) in [6.45, 7) is 27.5. The molecule has 0 saturated heterocycles. The number of fused-ring (bicyclic) bond motifs is 3. The first-order valence-electron chi connectivity index (χ1n) is 27.3. The maximum absolute atomic E-state index is 2.53. The van der Waals surface area contributed by atoms with Crippen molar-refractivity contribution in [3.05, 3.63) is 229 Å². The lowest BCUT2D eigenvalue weighted by molar-refractivity contribution is 0.590. The lowest BCUT2D eigenvalue weighted by Crippen LogP contribution is -2.11. The summed E-state index contributed by atoms with van der Waals surface area (Å²) in [6, 6.07) is 78.5. The van der Waals surface area contributed by atoms with Gasteiger partial charge in [0.25, 0.3) is 0 Å². The van der Waals surface area contributed by atoms with Crippen molar-refractivity contribution >= 4 is 71.2 Å². The molecule has 2 nitrogen and oxygen atoms in total. The van der Waals surface area contributed by atoms with Crippen LogP contribution < -0.4 is 4.90 Å². The third-order valence-electron chi connectivity index (χ3n) is 16.2. The monoisotopic (exact) mass is 987 g/mol. The Morgan fingerprint density at radius 3 is 0.987 bits per heavy atom. The third kappa shape index (κ3) is 8.62. The van der Waals surface area contributed by atoms with Crippen LogP contribution in [0.2, 0.25) is 0 Å². The van der Waals surface area contributed by atoms with Crippen LogP contribution >= 0.6 is 0 Å². The maximum Gasteiger partial charge on any atom is 0.0541 e. The summed E-state index contributed by atoms with van der Waals surface area (Å²) in [6.07, 6.45) is 0. The lowest BCUT2D eigenvalue weighted by Gasteiger charge is -2.28. The Hall–Kier alpha value is -7.94. The van der Waals surface area contributed by atoms with E-state index in [1.165, 1.54) is 115 Å². The van der Waals surface area contributed by atoms with Crippen LogP contribution in [-0.2, 0) is 21.7 Å². The average Bonchev–Trinajstić information content (AvgIpc) is 3.73. The number of hydrogen-bond donors (Lipinski definition) is 0. The van der Waals surface area contributed by atoms with Gasteiger partial charge in [-0.2, -0.15) is 0 Å². The van der Waals surface area contributed by atoms with Crippen molar-refractivity contribution in [1.82, 2.24) is 4.57 Å². The van der Waals surface area contributed by atoms with E-state index in [4.69, 9.17) is 0 Å². The molecule has 0 spiro atoms. The molecule has 1 heterocycles. The molecule has 0 saturated carbocycles. The highest BCUT2D eigenvalue weighted by Crippen LogP contribution is 2.47. The van der Waals surface area contributed by atoms with Gasteiger partial charge in [0.15, 0.2) is 0 Å². The van der Waals surface area contributed by atoms with Gasteiger partial charge in [0.2, 0.25) is 0 Å². The van der Waals surface area contributed by atoms with Crippen molar-refractivity contribution in [3.63, 3.8) is 0 Å². The topological polar surface area (TPSA) is 8.17 Å². The molecule has 12 rings (SSSR count). The zero-order chi connectivity index (χ0) is 53.1. The number of nitrogens with zero attached hydrogens (tertiary/aromatic N) is 2. The van der Waals surface area contributed by atoms with E-state index in [2.05, 4.69) is 299 Å². The molecule has 11 aromatic carbocycles. The van der Waals surface area contributed by atoms with Crippen molar-refractivity contribution < 1.29 is 0 Å². The van der Waals surface area contributed by atoms with Crippen molar-refractivity contribution in [2.75, 3.05) is 4.90 Å². The van der Waals surface area contributed by atoms with E-state index in [0.29, 0.717) is 0 Å². The van der Waals surface area contributed by atoms with Crippen LogP contribution in [0.1, 0.15) is 105 Å². The highest BCUT2D eigenvalue weighted by molar-refractivity contribution is 6.27. The second-order valence-electron chi connectivity index (χ2n) is 25.6.